The van der Waals surface area contributed by atoms with Gasteiger partial charge in [0.05, 0.1) is 0 Å². The molecule has 2 nitrogen and oxygen atoms in total. The Labute approximate surface area is 129 Å². The van der Waals surface area contributed by atoms with Crippen molar-refractivity contribution in [2.45, 2.75) is 26.8 Å². The normalized spacial score (nSPS) is 12.2. The molecule has 0 fully saturated rings. The van der Waals surface area contributed by atoms with Crippen LogP contribution in [0.15, 0.2) is 46.9 Å². The summed E-state index contributed by atoms with van der Waals surface area (Å²) in [5.74, 6) is 1.76. The van der Waals surface area contributed by atoms with Crippen LogP contribution in [0.4, 0.5) is 0 Å². The van der Waals surface area contributed by atoms with Gasteiger partial charge in [0.25, 0.3) is 0 Å². The molecule has 1 unspecified atom stereocenters. The fraction of sp³-hybridized carbons (Fsp3) is 0.294. The van der Waals surface area contributed by atoms with Crippen molar-refractivity contribution in [3.05, 3.63) is 58.1 Å². The second-order valence-electron chi connectivity index (χ2n) is 4.88. The summed E-state index contributed by atoms with van der Waals surface area (Å²) in [6, 6.07) is 14.5. The van der Waals surface area contributed by atoms with Gasteiger partial charge < -0.3 is 10.1 Å². The van der Waals surface area contributed by atoms with Crippen molar-refractivity contribution in [3.8, 4) is 11.5 Å². The second kappa shape index (κ2) is 6.91. The van der Waals surface area contributed by atoms with E-state index in [1.165, 1.54) is 5.56 Å². The van der Waals surface area contributed by atoms with Crippen LogP contribution >= 0.6 is 15.9 Å². The Balaban J connectivity index is 2.32. The van der Waals surface area contributed by atoms with Gasteiger partial charge in [0.2, 0.25) is 0 Å². The summed E-state index contributed by atoms with van der Waals surface area (Å²) >= 11 is 3.51. The van der Waals surface area contributed by atoms with E-state index in [0.717, 1.165) is 28.1 Å². The van der Waals surface area contributed by atoms with Gasteiger partial charge in [-0.05, 0) is 50.2 Å². The molecule has 2 aromatic rings. The summed E-state index contributed by atoms with van der Waals surface area (Å²) in [6.45, 7) is 7.25. The zero-order chi connectivity index (χ0) is 14.5. The van der Waals surface area contributed by atoms with Gasteiger partial charge in [-0.1, -0.05) is 41.1 Å². The molecule has 0 saturated heterocycles. The minimum atomic E-state index is 0.257. The van der Waals surface area contributed by atoms with Crippen molar-refractivity contribution in [1.29, 1.82) is 0 Å². The molecular weight excluding hydrogens is 314 g/mol. The molecule has 0 aliphatic heterocycles. The van der Waals surface area contributed by atoms with E-state index < -0.39 is 0 Å². The number of nitrogens with one attached hydrogen (secondary N) is 1. The summed E-state index contributed by atoms with van der Waals surface area (Å²) in [4.78, 5) is 0. The van der Waals surface area contributed by atoms with Crippen molar-refractivity contribution in [2.24, 2.45) is 0 Å². The summed E-state index contributed by atoms with van der Waals surface area (Å²) in [6.07, 6.45) is 0. The van der Waals surface area contributed by atoms with Crippen LogP contribution in [0.3, 0.4) is 0 Å². The predicted molar refractivity (Wildman–Crippen MR) is 87.5 cm³/mol. The number of aryl methyl sites for hydroxylation is 1. The molecule has 0 spiro atoms. The monoisotopic (exact) mass is 333 g/mol. The zero-order valence-corrected chi connectivity index (χ0v) is 13.7. The number of ether oxygens (including phenoxy) is 1. The highest BCUT2D eigenvalue weighted by Gasteiger charge is 2.12. The van der Waals surface area contributed by atoms with Gasteiger partial charge in [0, 0.05) is 16.1 Å². The molecule has 0 aliphatic rings. The average Bonchev–Trinajstić information content (AvgIpc) is 2.39. The molecule has 106 valence electrons. The quantitative estimate of drug-likeness (QED) is 0.809. The van der Waals surface area contributed by atoms with Crippen LogP contribution in [0.5, 0.6) is 11.5 Å². The Hall–Kier alpha value is -1.32. The fourth-order valence-corrected chi connectivity index (χ4v) is 2.52. The molecule has 2 aromatic carbocycles. The third-order valence-corrected chi connectivity index (χ3v) is 3.66. The highest BCUT2D eigenvalue weighted by Crippen LogP contribution is 2.32. The molecule has 0 aliphatic carbocycles. The summed E-state index contributed by atoms with van der Waals surface area (Å²) < 4.78 is 7.09. The van der Waals surface area contributed by atoms with E-state index in [9.17, 15) is 0 Å². The van der Waals surface area contributed by atoms with Crippen molar-refractivity contribution < 1.29 is 4.74 Å². The van der Waals surface area contributed by atoms with E-state index in [2.05, 4.69) is 54.2 Å². The van der Waals surface area contributed by atoms with Gasteiger partial charge >= 0.3 is 0 Å². The Morgan fingerprint density at radius 2 is 2.00 bits per heavy atom. The van der Waals surface area contributed by atoms with Crippen LogP contribution in [0.1, 0.15) is 31.0 Å². The van der Waals surface area contributed by atoms with Gasteiger partial charge in [-0.15, -0.1) is 0 Å². The maximum atomic E-state index is 6.07. The first-order valence-corrected chi connectivity index (χ1v) is 7.66. The molecule has 3 heteroatoms. The first-order chi connectivity index (χ1) is 9.60. The predicted octanol–water partition coefficient (Wildman–Crippen LogP) is 5.22. The molecule has 0 bridgehead atoms. The van der Waals surface area contributed by atoms with Gasteiger partial charge in [-0.2, -0.15) is 0 Å². The third kappa shape index (κ3) is 3.84. The second-order valence-corrected chi connectivity index (χ2v) is 5.80. The fourth-order valence-electron chi connectivity index (χ4n) is 2.18. The Bertz CT molecular complexity index is 583. The van der Waals surface area contributed by atoms with Crippen LogP contribution in [0.25, 0.3) is 0 Å². The van der Waals surface area contributed by atoms with E-state index in [4.69, 9.17) is 4.74 Å². The van der Waals surface area contributed by atoms with Crippen molar-refractivity contribution >= 4 is 15.9 Å². The highest BCUT2D eigenvalue weighted by atomic mass is 79.9. The van der Waals surface area contributed by atoms with Crippen LogP contribution < -0.4 is 10.1 Å². The largest absolute Gasteiger partial charge is 0.457 e. The number of rotatable bonds is 5. The molecule has 0 amide bonds. The molecular formula is C17H20BrNO. The number of halogens is 1. The van der Waals surface area contributed by atoms with E-state index in [1.807, 2.05) is 30.3 Å². The van der Waals surface area contributed by atoms with Crippen LogP contribution in [-0.2, 0) is 0 Å². The zero-order valence-electron chi connectivity index (χ0n) is 12.1. The Morgan fingerprint density at radius 1 is 1.20 bits per heavy atom. The lowest BCUT2D eigenvalue weighted by Crippen LogP contribution is -2.18. The lowest BCUT2D eigenvalue weighted by molar-refractivity contribution is 0.462. The first-order valence-electron chi connectivity index (χ1n) is 6.87. The van der Waals surface area contributed by atoms with E-state index in [1.54, 1.807) is 0 Å². The lowest BCUT2D eigenvalue weighted by Gasteiger charge is -2.18. The molecule has 0 saturated carbocycles. The average molecular weight is 334 g/mol. The molecule has 0 radical (unpaired) electrons. The maximum absolute atomic E-state index is 6.07. The molecule has 1 atom stereocenters. The van der Waals surface area contributed by atoms with Crippen molar-refractivity contribution in [2.75, 3.05) is 6.54 Å². The SMILES string of the molecule is CCNC(C)c1ccc(Br)cc1Oc1cccc(C)c1. The van der Waals surface area contributed by atoms with Gasteiger partial charge in [0.1, 0.15) is 11.5 Å². The highest BCUT2D eigenvalue weighted by molar-refractivity contribution is 9.10. The van der Waals surface area contributed by atoms with Crippen LogP contribution in [-0.4, -0.2) is 6.54 Å². The van der Waals surface area contributed by atoms with E-state index in [-0.39, 0.29) is 6.04 Å². The van der Waals surface area contributed by atoms with Gasteiger partial charge in [0.15, 0.2) is 0 Å². The summed E-state index contributed by atoms with van der Waals surface area (Å²) in [7, 11) is 0. The molecule has 0 aromatic heterocycles. The first kappa shape index (κ1) is 15.1. The minimum Gasteiger partial charge on any atom is -0.457 e. The lowest BCUT2D eigenvalue weighted by atomic mass is 10.1. The maximum Gasteiger partial charge on any atom is 0.133 e. The Morgan fingerprint density at radius 3 is 2.70 bits per heavy atom. The van der Waals surface area contributed by atoms with E-state index >= 15 is 0 Å². The minimum absolute atomic E-state index is 0.257. The smallest absolute Gasteiger partial charge is 0.133 e. The number of benzene rings is 2. The van der Waals surface area contributed by atoms with Crippen molar-refractivity contribution in [3.63, 3.8) is 0 Å². The van der Waals surface area contributed by atoms with Gasteiger partial charge in [-0.25, -0.2) is 0 Å². The summed E-state index contributed by atoms with van der Waals surface area (Å²) in [5.41, 5.74) is 2.36. The molecule has 1 N–H and O–H groups in total. The standard InChI is InChI=1S/C17H20BrNO/c1-4-19-13(3)16-9-8-14(18)11-17(16)20-15-7-5-6-12(2)10-15/h5-11,13,19H,4H2,1-3H3. The van der Waals surface area contributed by atoms with Crippen molar-refractivity contribution in [1.82, 2.24) is 5.32 Å². The molecule has 0 heterocycles. The number of hydrogen-bond acceptors (Lipinski definition) is 2. The topological polar surface area (TPSA) is 21.3 Å². The van der Waals surface area contributed by atoms with Crippen LogP contribution in [0.2, 0.25) is 0 Å². The molecule has 20 heavy (non-hydrogen) atoms. The van der Waals surface area contributed by atoms with Gasteiger partial charge in [-0.3, -0.25) is 0 Å². The summed E-state index contributed by atoms with van der Waals surface area (Å²) in [5, 5.41) is 3.42. The molecule has 2 rings (SSSR count). The van der Waals surface area contributed by atoms with Crippen LogP contribution in [0, 0.1) is 6.92 Å². The third-order valence-electron chi connectivity index (χ3n) is 3.17. The Kier molecular flexibility index (Phi) is 5.21. The van der Waals surface area contributed by atoms with E-state index in [0.29, 0.717) is 0 Å². The number of hydrogen-bond donors (Lipinski definition) is 1.